The molecule has 1 aromatic heterocycles. The highest BCUT2D eigenvalue weighted by atomic mass is 79.9. The number of hydrogen-bond donors (Lipinski definition) is 2. The molecule has 0 saturated carbocycles. The molecule has 3 aromatic rings. The lowest BCUT2D eigenvalue weighted by Crippen LogP contribution is -2.18. The van der Waals surface area contributed by atoms with Gasteiger partial charge >= 0.3 is 0 Å². The van der Waals surface area contributed by atoms with E-state index in [1.807, 2.05) is 24.3 Å². The van der Waals surface area contributed by atoms with E-state index in [0.29, 0.717) is 22.2 Å². The van der Waals surface area contributed by atoms with Gasteiger partial charge in [-0.05, 0) is 36.4 Å². The molecule has 0 aliphatic carbocycles. The normalized spacial score (nSPS) is 10.9. The summed E-state index contributed by atoms with van der Waals surface area (Å²) in [5.41, 5.74) is 4.99. The van der Waals surface area contributed by atoms with Gasteiger partial charge in [-0.15, -0.1) is 0 Å². The first-order chi connectivity index (χ1) is 12.6. The zero-order valence-corrected chi connectivity index (χ0v) is 16.0. The molecule has 0 saturated heterocycles. The Balaban J connectivity index is 1.69. The maximum absolute atomic E-state index is 12.2. The number of hydrogen-bond acceptors (Lipinski definition) is 4. The molecule has 1 heterocycles. The highest BCUT2D eigenvalue weighted by Crippen LogP contribution is 2.22. The zero-order valence-electron chi connectivity index (χ0n) is 13.7. The highest BCUT2D eigenvalue weighted by molar-refractivity contribution is 9.10. The second-order valence-electron chi connectivity index (χ2n) is 5.26. The standard InChI is InChI=1S/C18H14BrClN4O2/c1-26-17-7-4-13(19)8-12(17)10-21-24-18(25)16-9-15(22-23-16)11-2-5-14(20)6-3-11/h2-10H,1H3,(H,22,23)(H,24,25). The lowest BCUT2D eigenvalue weighted by Gasteiger charge is -2.04. The van der Waals surface area contributed by atoms with Gasteiger partial charge in [0.1, 0.15) is 11.4 Å². The largest absolute Gasteiger partial charge is 0.496 e. The maximum Gasteiger partial charge on any atom is 0.289 e. The fourth-order valence-electron chi connectivity index (χ4n) is 2.23. The molecule has 1 amide bonds. The minimum atomic E-state index is -0.400. The number of halogens is 2. The van der Waals surface area contributed by atoms with Gasteiger partial charge < -0.3 is 4.74 Å². The van der Waals surface area contributed by atoms with Crippen LogP contribution in [0.25, 0.3) is 11.3 Å². The van der Waals surface area contributed by atoms with Crippen molar-refractivity contribution in [3.63, 3.8) is 0 Å². The van der Waals surface area contributed by atoms with Gasteiger partial charge in [0.15, 0.2) is 0 Å². The molecule has 2 aromatic carbocycles. The molecule has 0 atom stereocenters. The van der Waals surface area contributed by atoms with Crippen molar-refractivity contribution in [3.05, 3.63) is 69.3 Å². The third kappa shape index (κ3) is 4.30. The minimum Gasteiger partial charge on any atom is -0.496 e. The smallest absolute Gasteiger partial charge is 0.289 e. The number of H-pyrrole nitrogens is 1. The number of rotatable bonds is 5. The van der Waals surface area contributed by atoms with Crippen LogP contribution in [0.5, 0.6) is 5.75 Å². The lowest BCUT2D eigenvalue weighted by atomic mass is 10.1. The molecule has 3 rings (SSSR count). The van der Waals surface area contributed by atoms with Gasteiger partial charge in [-0.1, -0.05) is 39.7 Å². The van der Waals surface area contributed by atoms with E-state index in [4.69, 9.17) is 16.3 Å². The SMILES string of the molecule is COc1ccc(Br)cc1C=NNC(=O)c1cc(-c2ccc(Cl)cc2)n[nH]1. The summed E-state index contributed by atoms with van der Waals surface area (Å²) < 4.78 is 6.13. The molecule has 2 N–H and O–H groups in total. The van der Waals surface area contributed by atoms with E-state index in [2.05, 4.69) is 36.7 Å². The van der Waals surface area contributed by atoms with Crippen molar-refractivity contribution in [1.82, 2.24) is 15.6 Å². The van der Waals surface area contributed by atoms with Gasteiger partial charge in [0.2, 0.25) is 0 Å². The van der Waals surface area contributed by atoms with E-state index in [9.17, 15) is 4.79 Å². The van der Waals surface area contributed by atoms with Crippen molar-refractivity contribution < 1.29 is 9.53 Å². The number of amides is 1. The Labute approximate surface area is 163 Å². The molecule has 132 valence electrons. The predicted octanol–water partition coefficient (Wildman–Crippen LogP) is 4.27. The fourth-order valence-corrected chi connectivity index (χ4v) is 2.74. The van der Waals surface area contributed by atoms with E-state index in [1.54, 1.807) is 31.4 Å². The fraction of sp³-hybridized carbons (Fsp3) is 0.0556. The molecule has 0 unspecified atom stereocenters. The average molecular weight is 434 g/mol. The summed E-state index contributed by atoms with van der Waals surface area (Å²) in [5.74, 6) is 0.251. The number of nitrogens with zero attached hydrogens (tertiary/aromatic N) is 2. The number of methoxy groups -OCH3 is 1. The van der Waals surface area contributed by atoms with Crippen LogP contribution in [0.4, 0.5) is 0 Å². The summed E-state index contributed by atoms with van der Waals surface area (Å²) in [5, 5.41) is 11.4. The van der Waals surface area contributed by atoms with Crippen LogP contribution in [-0.4, -0.2) is 29.4 Å². The molecule has 0 spiro atoms. The number of aromatic nitrogens is 2. The van der Waals surface area contributed by atoms with Crippen molar-refractivity contribution in [2.24, 2.45) is 5.10 Å². The molecule has 0 aliphatic heterocycles. The van der Waals surface area contributed by atoms with Crippen LogP contribution in [0.15, 0.2) is 58.1 Å². The van der Waals surface area contributed by atoms with Crippen LogP contribution in [0.1, 0.15) is 16.1 Å². The molecule has 0 radical (unpaired) electrons. The van der Waals surface area contributed by atoms with Crippen LogP contribution < -0.4 is 10.2 Å². The summed E-state index contributed by atoms with van der Waals surface area (Å²) >= 11 is 9.26. The van der Waals surface area contributed by atoms with E-state index < -0.39 is 5.91 Å². The predicted molar refractivity (Wildman–Crippen MR) is 105 cm³/mol. The number of aromatic amines is 1. The number of carbonyl (C=O) groups excluding carboxylic acids is 1. The van der Waals surface area contributed by atoms with E-state index in [-0.39, 0.29) is 0 Å². The van der Waals surface area contributed by atoms with Gasteiger partial charge in [-0.25, -0.2) is 5.43 Å². The van der Waals surface area contributed by atoms with E-state index >= 15 is 0 Å². The van der Waals surface area contributed by atoms with Crippen molar-refractivity contribution >= 4 is 39.7 Å². The van der Waals surface area contributed by atoms with Gasteiger partial charge in [0, 0.05) is 20.6 Å². The third-order valence-electron chi connectivity index (χ3n) is 3.52. The molecular weight excluding hydrogens is 420 g/mol. The third-order valence-corrected chi connectivity index (χ3v) is 4.27. The Morgan fingerprint density at radius 1 is 1.27 bits per heavy atom. The molecular formula is C18H14BrClN4O2. The summed E-state index contributed by atoms with van der Waals surface area (Å²) in [6, 6.07) is 14.3. The summed E-state index contributed by atoms with van der Waals surface area (Å²) in [7, 11) is 1.57. The second kappa shape index (κ2) is 8.16. The molecule has 0 fully saturated rings. The van der Waals surface area contributed by atoms with Crippen LogP contribution in [0.3, 0.4) is 0 Å². The first-order valence-corrected chi connectivity index (χ1v) is 8.72. The van der Waals surface area contributed by atoms with Crippen LogP contribution in [-0.2, 0) is 0 Å². The van der Waals surface area contributed by atoms with Crippen molar-refractivity contribution in [1.29, 1.82) is 0 Å². The van der Waals surface area contributed by atoms with Crippen molar-refractivity contribution in [3.8, 4) is 17.0 Å². The van der Waals surface area contributed by atoms with Gasteiger partial charge in [-0.3, -0.25) is 9.89 Å². The number of nitrogens with one attached hydrogen (secondary N) is 2. The molecule has 0 aliphatic rings. The topological polar surface area (TPSA) is 79.4 Å². The molecule has 26 heavy (non-hydrogen) atoms. The Kier molecular flexibility index (Phi) is 5.70. The quantitative estimate of drug-likeness (QED) is 0.466. The van der Waals surface area contributed by atoms with Crippen LogP contribution >= 0.6 is 27.5 Å². The molecule has 0 bridgehead atoms. The van der Waals surface area contributed by atoms with Crippen LogP contribution in [0, 0.1) is 0 Å². The highest BCUT2D eigenvalue weighted by Gasteiger charge is 2.10. The Hall–Kier alpha value is -2.64. The molecule has 8 heteroatoms. The van der Waals surface area contributed by atoms with Crippen molar-refractivity contribution in [2.45, 2.75) is 0 Å². The summed E-state index contributed by atoms with van der Waals surface area (Å²) in [6.07, 6.45) is 1.51. The molecule has 6 nitrogen and oxygen atoms in total. The van der Waals surface area contributed by atoms with Crippen molar-refractivity contribution in [2.75, 3.05) is 7.11 Å². The number of benzene rings is 2. The van der Waals surface area contributed by atoms with Crippen LogP contribution in [0.2, 0.25) is 5.02 Å². The Morgan fingerprint density at radius 2 is 2.04 bits per heavy atom. The maximum atomic E-state index is 12.2. The summed E-state index contributed by atoms with van der Waals surface area (Å²) in [6.45, 7) is 0. The minimum absolute atomic E-state index is 0.299. The first kappa shape index (κ1) is 18.2. The average Bonchev–Trinajstić information content (AvgIpc) is 3.13. The Bertz CT molecular complexity index is 954. The monoisotopic (exact) mass is 432 g/mol. The van der Waals surface area contributed by atoms with E-state index in [1.165, 1.54) is 6.21 Å². The Morgan fingerprint density at radius 3 is 2.77 bits per heavy atom. The van der Waals surface area contributed by atoms with Gasteiger partial charge in [0.05, 0.1) is 19.0 Å². The number of hydrazone groups is 1. The van der Waals surface area contributed by atoms with Gasteiger partial charge in [-0.2, -0.15) is 10.2 Å². The number of carbonyl (C=O) groups is 1. The van der Waals surface area contributed by atoms with E-state index in [0.717, 1.165) is 15.6 Å². The number of ether oxygens (including phenoxy) is 1. The van der Waals surface area contributed by atoms with Gasteiger partial charge in [0.25, 0.3) is 5.91 Å². The second-order valence-corrected chi connectivity index (χ2v) is 6.61. The zero-order chi connectivity index (χ0) is 18.5. The summed E-state index contributed by atoms with van der Waals surface area (Å²) in [4.78, 5) is 12.2. The first-order valence-electron chi connectivity index (χ1n) is 7.55. The lowest BCUT2D eigenvalue weighted by molar-refractivity contribution is 0.0950.